The molecule has 0 radical (unpaired) electrons. The van der Waals surface area contributed by atoms with Crippen LogP contribution in [0.4, 0.5) is 0 Å². The number of hydrogen-bond acceptors (Lipinski definition) is 2. The highest BCUT2D eigenvalue weighted by atomic mass is 16.5. The molecule has 0 aromatic heterocycles. The SMILES string of the molecule is COC(=O)c1cc2ccc1CCc1cccc(c1)CC2. The van der Waals surface area contributed by atoms with Crippen LogP contribution in [0.2, 0.25) is 0 Å². The Kier molecular flexibility index (Phi) is 3.55. The van der Waals surface area contributed by atoms with Crippen molar-refractivity contribution < 1.29 is 9.53 Å². The minimum absolute atomic E-state index is 0.229. The van der Waals surface area contributed by atoms with Crippen LogP contribution in [0.15, 0.2) is 42.5 Å². The summed E-state index contributed by atoms with van der Waals surface area (Å²) in [5.74, 6) is -0.229. The third kappa shape index (κ3) is 2.60. The van der Waals surface area contributed by atoms with Crippen molar-refractivity contribution >= 4 is 5.97 Å². The van der Waals surface area contributed by atoms with Gasteiger partial charge in [0.05, 0.1) is 12.7 Å². The number of rotatable bonds is 1. The molecule has 2 aromatic carbocycles. The topological polar surface area (TPSA) is 26.3 Å². The highest BCUT2D eigenvalue weighted by Gasteiger charge is 2.14. The van der Waals surface area contributed by atoms with Crippen LogP contribution in [0.3, 0.4) is 0 Å². The molecule has 0 atom stereocenters. The van der Waals surface area contributed by atoms with Crippen molar-refractivity contribution in [1.82, 2.24) is 0 Å². The molecule has 2 heteroatoms. The van der Waals surface area contributed by atoms with Crippen molar-refractivity contribution in [2.24, 2.45) is 0 Å². The molecule has 0 heterocycles. The van der Waals surface area contributed by atoms with Crippen molar-refractivity contribution in [3.05, 3.63) is 70.3 Å². The lowest BCUT2D eigenvalue weighted by atomic mass is 9.98. The van der Waals surface area contributed by atoms with Crippen LogP contribution in [-0.4, -0.2) is 13.1 Å². The van der Waals surface area contributed by atoms with E-state index in [1.165, 1.54) is 23.8 Å². The Bertz CT molecular complexity index is 644. The summed E-state index contributed by atoms with van der Waals surface area (Å²) in [5.41, 5.74) is 5.70. The third-order valence-electron chi connectivity index (χ3n) is 3.96. The molecule has 2 aromatic rings. The van der Waals surface area contributed by atoms with Crippen molar-refractivity contribution in [2.45, 2.75) is 25.7 Å². The summed E-state index contributed by atoms with van der Waals surface area (Å²) in [6, 6.07) is 15.0. The number of carbonyl (C=O) groups excluding carboxylic acids is 1. The van der Waals surface area contributed by atoms with Crippen LogP contribution >= 0.6 is 0 Å². The summed E-state index contributed by atoms with van der Waals surface area (Å²) in [7, 11) is 1.44. The maximum absolute atomic E-state index is 11.9. The predicted molar refractivity (Wildman–Crippen MR) is 79.0 cm³/mol. The molecule has 4 bridgehead atoms. The Morgan fingerprint density at radius 2 is 1.55 bits per heavy atom. The van der Waals surface area contributed by atoms with Gasteiger partial charge in [-0.05, 0) is 54.0 Å². The standard InChI is InChI=1S/C18H18O2/c1-20-18(19)17-12-15-6-5-13-3-2-4-14(11-13)7-9-16(17)10-8-15/h2-4,8,10-12H,5-7,9H2,1H3. The zero-order valence-corrected chi connectivity index (χ0v) is 11.7. The number of ether oxygens (including phenoxy) is 1. The van der Waals surface area contributed by atoms with Gasteiger partial charge in [0.2, 0.25) is 0 Å². The second kappa shape index (κ2) is 5.49. The summed E-state index contributed by atoms with van der Waals surface area (Å²) >= 11 is 0. The molecule has 102 valence electrons. The number of hydrogen-bond donors (Lipinski definition) is 0. The normalized spacial score (nSPS) is 13.7. The fourth-order valence-electron chi connectivity index (χ4n) is 2.81. The first-order valence-corrected chi connectivity index (χ1v) is 7.04. The molecular formula is C18H18O2. The number of carbonyl (C=O) groups is 1. The molecule has 0 spiro atoms. The molecule has 2 aliphatic carbocycles. The summed E-state index contributed by atoms with van der Waals surface area (Å²) in [6.07, 6.45) is 3.78. The van der Waals surface area contributed by atoms with Gasteiger partial charge in [-0.15, -0.1) is 0 Å². The number of methoxy groups -OCH3 is 1. The minimum Gasteiger partial charge on any atom is -0.465 e. The summed E-state index contributed by atoms with van der Waals surface area (Å²) in [6.45, 7) is 0. The monoisotopic (exact) mass is 266 g/mol. The quantitative estimate of drug-likeness (QED) is 0.740. The smallest absolute Gasteiger partial charge is 0.338 e. The second-order valence-corrected chi connectivity index (χ2v) is 5.30. The predicted octanol–water partition coefficient (Wildman–Crippen LogP) is 3.36. The molecule has 0 aliphatic heterocycles. The average molecular weight is 266 g/mol. The summed E-state index contributed by atoms with van der Waals surface area (Å²) in [4.78, 5) is 11.9. The van der Waals surface area contributed by atoms with E-state index in [1.54, 1.807) is 0 Å². The van der Waals surface area contributed by atoms with E-state index >= 15 is 0 Å². The van der Waals surface area contributed by atoms with Crippen molar-refractivity contribution in [1.29, 1.82) is 0 Å². The molecule has 2 aliphatic rings. The van der Waals surface area contributed by atoms with E-state index in [2.05, 4.69) is 36.4 Å². The maximum atomic E-state index is 11.9. The van der Waals surface area contributed by atoms with Crippen LogP contribution in [0.1, 0.15) is 32.6 Å². The zero-order valence-electron chi connectivity index (χ0n) is 11.7. The maximum Gasteiger partial charge on any atom is 0.338 e. The second-order valence-electron chi connectivity index (χ2n) is 5.30. The molecule has 0 amide bonds. The highest BCUT2D eigenvalue weighted by Crippen LogP contribution is 2.20. The van der Waals surface area contributed by atoms with Crippen LogP contribution in [-0.2, 0) is 30.4 Å². The molecular weight excluding hydrogens is 248 g/mol. The van der Waals surface area contributed by atoms with Gasteiger partial charge in [0, 0.05) is 0 Å². The van der Waals surface area contributed by atoms with E-state index in [0.717, 1.165) is 36.8 Å². The largest absolute Gasteiger partial charge is 0.465 e. The van der Waals surface area contributed by atoms with Gasteiger partial charge in [0.15, 0.2) is 0 Å². The lowest BCUT2D eigenvalue weighted by molar-refractivity contribution is 0.0599. The molecule has 0 saturated carbocycles. The number of aryl methyl sites for hydroxylation is 4. The Labute approximate surface area is 119 Å². The van der Waals surface area contributed by atoms with Gasteiger partial charge < -0.3 is 4.74 Å². The van der Waals surface area contributed by atoms with E-state index in [4.69, 9.17) is 4.74 Å². The summed E-state index contributed by atoms with van der Waals surface area (Å²) < 4.78 is 4.91. The molecule has 0 saturated heterocycles. The molecule has 4 rings (SSSR count). The minimum atomic E-state index is -0.229. The van der Waals surface area contributed by atoms with Gasteiger partial charge >= 0.3 is 5.97 Å². The van der Waals surface area contributed by atoms with E-state index in [9.17, 15) is 4.79 Å². The first kappa shape index (κ1) is 12.9. The van der Waals surface area contributed by atoms with Crippen LogP contribution < -0.4 is 0 Å². The molecule has 20 heavy (non-hydrogen) atoms. The average Bonchev–Trinajstić information content (AvgIpc) is 2.54. The highest BCUT2D eigenvalue weighted by molar-refractivity contribution is 5.91. The molecule has 2 nitrogen and oxygen atoms in total. The van der Waals surface area contributed by atoms with Crippen LogP contribution in [0.25, 0.3) is 0 Å². The lowest BCUT2D eigenvalue weighted by Gasteiger charge is -2.09. The van der Waals surface area contributed by atoms with Gasteiger partial charge in [0.1, 0.15) is 0 Å². The molecule has 0 unspecified atom stereocenters. The fourth-order valence-corrected chi connectivity index (χ4v) is 2.81. The van der Waals surface area contributed by atoms with Gasteiger partial charge in [-0.2, -0.15) is 0 Å². The van der Waals surface area contributed by atoms with E-state index in [0.29, 0.717) is 0 Å². The fraction of sp³-hybridized carbons (Fsp3) is 0.278. The van der Waals surface area contributed by atoms with Crippen molar-refractivity contribution in [2.75, 3.05) is 7.11 Å². The number of esters is 1. The Morgan fingerprint density at radius 3 is 2.25 bits per heavy atom. The molecule has 0 fully saturated rings. The van der Waals surface area contributed by atoms with Gasteiger partial charge in [-0.25, -0.2) is 4.79 Å². The van der Waals surface area contributed by atoms with Crippen molar-refractivity contribution in [3.63, 3.8) is 0 Å². The Balaban J connectivity index is 2.02. The van der Waals surface area contributed by atoms with Crippen LogP contribution in [0, 0.1) is 0 Å². The zero-order chi connectivity index (χ0) is 13.9. The van der Waals surface area contributed by atoms with Gasteiger partial charge in [-0.1, -0.05) is 36.4 Å². The Hall–Kier alpha value is -2.09. The first-order chi connectivity index (χ1) is 9.76. The van der Waals surface area contributed by atoms with E-state index in [1.807, 2.05) is 6.07 Å². The lowest BCUT2D eigenvalue weighted by Crippen LogP contribution is -2.07. The van der Waals surface area contributed by atoms with Crippen LogP contribution in [0.5, 0.6) is 0 Å². The molecule has 0 N–H and O–H groups in total. The summed E-state index contributed by atoms with van der Waals surface area (Å²) in [5, 5.41) is 0. The van der Waals surface area contributed by atoms with E-state index < -0.39 is 0 Å². The Morgan fingerprint density at radius 1 is 0.900 bits per heavy atom. The third-order valence-corrected chi connectivity index (χ3v) is 3.96. The first-order valence-electron chi connectivity index (χ1n) is 7.04. The van der Waals surface area contributed by atoms with Gasteiger partial charge in [0.25, 0.3) is 0 Å². The van der Waals surface area contributed by atoms with Gasteiger partial charge in [-0.3, -0.25) is 0 Å². The number of fused-ring (bicyclic) bond motifs is 4. The van der Waals surface area contributed by atoms with E-state index in [-0.39, 0.29) is 5.97 Å². The number of benzene rings is 2. The van der Waals surface area contributed by atoms with Crippen molar-refractivity contribution in [3.8, 4) is 0 Å².